The van der Waals surface area contributed by atoms with Crippen LogP contribution in [0.25, 0.3) is 11.0 Å². The number of hydrogen-bond donors (Lipinski definition) is 1. The molecule has 0 aliphatic heterocycles. The van der Waals surface area contributed by atoms with Crippen molar-refractivity contribution in [3.05, 3.63) is 65.8 Å². The molecular weight excluding hydrogens is 458 g/mol. The zero-order chi connectivity index (χ0) is 23.4. The van der Waals surface area contributed by atoms with Crippen LogP contribution in [0.5, 0.6) is 0 Å². The van der Waals surface area contributed by atoms with Gasteiger partial charge in [-0.25, -0.2) is 13.4 Å². The lowest BCUT2D eigenvalue weighted by Gasteiger charge is -2.18. The van der Waals surface area contributed by atoms with E-state index in [1.807, 2.05) is 32.0 Å². The predicted octanol–water partition coefficient (Wildman–Crippen LogP) is 4.61. The number of aromatic nitrogens is 4. The molecule has 2 heterocycles. The summed E-state index contributed by atoms with van der Waals surface area (Å²) in [5, 5.41) is 8.79. The summed E-state index contributed by atoms with van der Waals surface area (Å²) in [4.78, 5) is 8.03. The molecule has 0 radical (unpaired) electrons. The van der Waals surface area contributed by atoms with Gasteiger partial charge in [0.15, 0.2) is 0 Å². The van der Waals surface area contributed by atoms with E-state index in [9.17, 15) is 8.42 Å². The summed E-state index contributed by atoms with van der Waals surface area (Å²) >= 11 is 1.39. The molecule has 33 heavy (non-hydrogen) atoms. The zero-order valence-electron chi connectivity index (χ0n) is 18.9. The van der Waals surface area contributed by atoms with Crippen molar-refractivity contribution in [1.82, 2.24) is 24.5 Å². The molecule has 10 heteroatoms. The van der Waals surface area contributed by atoms with Crippen LogP contribution >= 0.6 is 11.8 Å². The van der Waals surface area contributed by atoms with Gasteiger partial charge < -0.3 is 9.40 Å². The minimum atomic E-state index is -3.52. The molecule has 0 fully saturated rings. The van der Waals surface area contributed by atoms with Crippen molar-refractivity contribution in [2.45, 2.75) is 49.0 Å². The van der Waals surface area contributed by atoms with Crippen molar-refractivity contribution in [1.29, 1.82) is 0 Å². The summed E-state index contributed by atoms with van der Waals surface area (Å²) in [6, 6.07) is 15.2. The van der Waals surface area contributed by atoms with Gasteiger partial charge in [0, 0.05) is 19.5 Å². The lowest BCUT2D eigenvalue weighted by Crippen LogP contribution is -2.30. The molecule has 4 aromatic rings. The van der Waals surface area contributed by atoms with E-state index >= 15 is 0 Å². The van der Waals surface area contributed by atoms with Gasteiger partial charge in [0.2, 0.25) is 15.9 Å². The predicted molar refractivity (Wildman–Crippen MR) is 129 cm³/mol. The summed E-state index contributed by atoms with van der Waals surface area (Å²) in [7, 11) is -3.52. The normalized spacial score (nSPS) is 13.1. The number of hydrogen-bond acceptors (Lipinski definition) is 7. The highest BCUT2D eigenvalue weighted by Crippen LogP contribution is 2.26. The number of nitrogens with zero attached hydrogens (tertiary/aromatic N) is 4. The standard InChI is InChI=1S/C23H27N5O3S2/c1-4-28(5-2)33(29,30)18-11-12-19-20(14-18)25-21(24-19)15-32-23-27-26-22(31-23)13-16(3)17-9-7-6-8-10-17/h6-12,14,16H,4-5,13,15H2,1-3H3,(H,24,25). The van der Waals surface area contributed by atoms with Gasteiger partial charge >= 0.3 is 0 Å². The molecule has 2 aromatic heterocycles. The molecule has 0 saturated heterocycles. The third-order valence-corrected chi connectivity index (χ3v) is 8.35. The Morgan fingerprint density at radius 3 is 2.58 bits per heavy atom. The highest BCUT2D eigenvalue weighted by atomic mass is 32.2. The number of fused-ring (bicyclic) bond motifs is 1. The van der Waals surface area contributed by atoms with E-state index in [0.29, 0.717) is 53.2 Å². The Morgan fingerprint density at radius 1 is 1.09 bits per heavy atom. The molecule has 2 aromatic carbocycles. The van der Waals surface area contributed by atoms with Crippen LogP contribution in [0.15, 0.2) is 63.1 Å². The van der Waals surface area contributed by atoms with E-state index in [4.69, 9.17) is 4.42 Å². The van der Waals surface area contributed by atoms with E-state index in [1.165, 1.54) is 21.6 Å². The largest absolute Gasteiger partial charge is 0.416 e. The maximum Gasteiger partial charge on any atom is 0.277 e. The molecule has 1 atom stereocenters. The summed E-state index contributed by atoms with van der Waals surface area (Å²) < 4.78 is 32.8. The fourth-order valence-corrected chi connectivity index (χ4v) is 5.79. The van der Waals surface area contributed by atoms with Crippen molar-refractivity contribution >= 4 is 32.8 Å². The molecule has 1 unspecified atom stereocenters. The van der Waals surface area contributed by atoms with Gasteiger partial charge in [0.05, 0.1) is 21.7 Å². The fourth-order valence-electron chi connectivity index (χ4n) is 3.65. The van der Waals surface area contributed by atoms with E-state index in [0.717, 1.165) is 0 Å². The number of rotatable bonds is 10. The second-order valence-electron chi connectivity index (χ2n) is 7.72. The summed E-state index contributed by atoms with van der Waals surface area (Å²) in [6.45, 7) is 6.65. The maximum atomic E-state index is 12.8. The van der Waals surface area contributed by atoms with Gasteiger partial charge in [-0.3, -0.25) is 0 Å². The van der Waals surface area contributed by atoms with Crippen LogP contribution in [0.4, 0.5) is 0 Å². The smallest absolute Gasteiger partial charge is 0.277 e. The molecule has 174 valence electrons. The van der Waals surface area contributed by atoms with Crippen LogP contribution in [-0.2, 0) is 22.2 Å². The van der Waals surface area contributed by atoms with Crippen LogP contribution in [-0.4, -0.2) is 46.0 Å². The molecule has 0 saturated carbocycles. The Balaban J connectivity index is 1.42. The first-order valence-corrected chi connectivity index (χ1v) is 13.3. The zero-order valence-corrected chi connectivity index (χ0v) is 20.5. The number of sulfonamides is 1. The SMILES string of the molecule is CCN(CC)S(=O)(=O)c1ccc2nc(CSc3nnc(CC(C)c4ccccc4)o3)[nH]c2c1. The molecule has 1 N–H and O–H groups in total. The van der Waals surface area contributed by atoms with Crippen molar-refractivity contribution < 1.29 is 12.8 Å². The number of benzene rings is 2. The Kier molecular flexibility index (Phi) is 7.16. The Hall–Kier alpha value is -2.69. The fraction of sp³-hybridized carbons (Fsp3) is 0.348. The van der Waals surface area contributed by atoms with Crippen molar-refractivity contribution in [2.24, 2.45) is 0 Å². The molecule has 0 spiro atoms. The Labute approximate surface area is 197 Å². The molecule has 0 aliphatic carbocycles. The second kappa shape index (κ2) is 10.1. The average molecular weight is 486 g/mol. The summed E-state index contributed by atoms with van der Waals surface area (Å²) in [5.74, 6) is 2.10. The van der Waals surface area contributed by atoms with Crippen molar-refractivity contribution in [2.75, 3.05) is 13.1 Å². The minimum absolute atomic E-state index is 0.260. The highest BCUT2D eigenvalue weighted by Gasteiger charge is 2.22. The molecule has 8 nitrogen and oxygen atoms in total. The van der Waals surface area contributed by atoms with E-state index in [2.05, 4.69) is 39.2 Å². The summed E-state index contributed by atoms with van der Waals surface area (Å²) in [5.41, 5.74) is 2.63. The highest BCUT2D eigenvalue weighted by molar-refractivity contribution is 7.98. The second-order valence-corrected chi connectivity index (χ2v) is 10.6. The van der Waals surface area contributed by atoms with Gasteiger partial charge in [0.1, 0.15) is 5.82 Å². The van der Waals surface area contributed by atoms with Crippen molar-refractivity contribution in [3.63, 3.8) is 0 Å². The maximum absolute atomic E-state index is 12.8. The number of nitrogens with one attached hydrogen (secondary N) is 1. The Bertz CT molecular complexity index is 1310. The lowest BCUT2D eigenvalue weighted by molar-refractivity contribution is 0.404. The van der Waals surface area contributed by atoms with E-state index < -0.39 is 10.0 Å². The van der Waals surface area contributed by atoms with Gasteiger partial charge in [-0.15, -0.1) is 10.2 Å². The number of aromatic amines is 1. The lowest BCUT2D eigenvalue weighted by atomic mass is 9.98. The van der Waals surface area contributed by atoms with Crippen LogP contribution in [0.3, 0.4) is 0 Å². The third-order valence-electron chi connectivity index (χ3n) is 5.48. The monoisotopic (exact) mass is 485 g/mol. The first-order chi connectivity index (χ1) is 15.9. The van der Waals surface area contributed by atoms with Gasteiger partial charge in [0.25, 0.3) is 5.22 Å². The molecule has 4 rings (SSSR count). The van der Waals surface area contributed by atoms with Gasteiger partial charge in [-0.1, -0.05) is 62.9 Å². The van der Waals surface area contributed by atoms with Crippen LogP contribution in [0.1, 0.15) is 44.0 Å². The number of H-pyrrole nitrogens is 1. The quantitative estimate of drug-likeness (QED) is 0.327. The molecule has 0 amide bonds. The minimum Gasteiger partial charge on any atom is -0.416 e. The topological polar surface area (TPSA) is 105 Å². The number of thioether (sulfide) groups is 1. The van der Waals surface area contributed by atoms with Crippen LogP contribution < -0.4 is 0 Å². The van der Waals surface area contributed by atoms with Crippen molar-refractivity contribution in [3.8, 4) is 0 Å². The Morgan fingerprint density at radius 2 is 1.85 bits per heavy atom. The van der Waals surface area contributed by atoms with Gasteiger partial charge in [-0.2, -0.15) is 4.31 Å². The summed E-state index contributed by atoms with van der Waals surface area (Å²) in [6.07, 6.45) is 0.673. The number of imidazole rings is 1. The molecular formula is C23H27N5O3S2. The van der Waals surface area contributed by atoms with Crippen LogP contribution in [0, 0.1) is 0 Å². The van der Waals surface area contributed by atoms with E-state index in [-0.39, 0.29) is 10.8 Å². The molecule has 0 aliphatic rings. The van der Waals surface area contributed by atoms with E-state index in [1.54, 1.807) is 18.2 Å². The molecule has 0 bridgehead atoms. The average Bonchev–Trinajstić information content (AvgIpc) is 3.44. The first-order valence-electron chi connectivity index (χ1n) is 10.9. The third kappa shape index (κ3) is 5.29. The van der Waals surface area contributed by atoms with Gasteiger partial charge in [-0.05, 0) is 29.7 Å². The van der Waals surface area contributed by atoms with Crippen LogP contribution in [0.2, 0.25) is 0 Å². The first kappa shape index (κ1) is 23.5.